The number of hydrogen-bond donors (Lipinski definition) is 2. The van der Waals surface area contributed by atoms with Crippen LogP contribution in [-0.4, -0.2) is 64.5 Å². The van der Waals surface area contributed by atoms with E-state index in [1.165, 1.54) is 19.3 Å². The molecule has 1 amide bonds. The highest BCUT2D eigenvalue weighted by molar-refractivity contribution is 6.00. The van der Waals surface area contributed by atoms with Crippen molar-refractivity contribution < 1.29 is 4.79 Å². The molecule has 0 spiro atoms. The Bertz CT molecular complexity index is 1430. The van der Waals surface area contributed by atoms with E-state index in [-0.39, 0.29) is 5.91 Å². The minimum atomic E-state index is -0.177. The van der Waals surface area contributed by atoms with Crippen molar-refractivity contribution in [3.8, 4) is 11.3 Å². The van der Waals surface area contributed by atoms with Crippen LogP contribution in [0.25, 0.3) is 22.2 Å². The Morgan fingerprint density at radius 2 is 1.87 bits per heavy atom. The number of nitrogens with one attached hydrogen (secondary N) is 2. The number of hydrogen-bond acceptors (Lipinski definition) is 8. The number of amides is 1. The Morgan fingerprint density at radius 1 is 1.00 bits per heavy atom. The Labute approximate surface area is 222 Å². The van der Waals surface area contributed by atoms with Crippen LogP contribution in [0.3, 0.4) is 0 Å². The lowest BCUT2D eigenvalue weighted by Crippen LogP contribution is -2.29. The molecular weight excluding hydrogens is 476 g/mol. The molecule has 5 rings (SSSR count). The first-order chi connectivity index (χ1) is 18.5. The minimum Gasteiger partial charge on any atom is -0.357 e. The highest BCUT2D eigenvalue weighted by Crippen LogP contribution is 2.28. The number of pyridine rings is 2. The van der Waals surface area contributed by atoms with E-state index < -0.39 is 0 Å². The summed E-state index contributed by atoms with van der Waals surface area (Å²) >= 11 is 0. The molecule has 9 heteroatoms. The molecule has 0 atom stereocenters. The van der Waals surface area contributed by atoms with E-state index in [0.29, 0.717) is 23.9 Å². The molecule has 9 nitrogen and oxygen atoms in total. The lowest BCUT2D eigenvalue weighted by atomic mass is 10.1. The molecule has 0 bridgehead atoms. The van der Waals surface area contributed by atoms with E-state index in [1.807, 2.05) is 73.7 Å². The summed E-state index contributed by atoms with van der Waals surface area (Å²) in [6.07, 6.45) is 12.4. The van der Waals surface area contributed by atoms with Crippen LogP contribution in [0.2, 0.25) is 0 Å². The highest BCUT2D eigenvalue weighted by Gasteiger charge is 2.13. The van der Waals surface area contributed by atoms with Gasteiger partial charge in [0, 0.05) is 54.7 Å². The second-order valence-corrected chi connectivity index (χ2v) is 9.60. The maximum absolute atomic E-state index is 12.3. The van der Waals surface area contributed by atoms with Gasteiger partial charge in [0.1, 0.15) is 11.3 Å². The van der Waals surface area contributed by atoms with Gasteiger partial charge in [0.2, 0.25) is 11.9 Å². The third-order valence-corrected chi connectivity index (χ3v) is 6.33. The van der Waals surface area contributed by atoms with E-state index in [0.717, 1.165) is 41.1 Å². The van der Waals surface area contributed by atoms with Gasteiger partial charge in [0.05, 0.1) is 17.6 Å². The summed E-state index contributed by atoms with van der Waals surface area (Å²) in [7, 11) is 3.91. The Morgan fingerprint density at radius 3 is 2.66 bits per heavy atom. The molecule has 0 unspecified atom stereocenters. The van der Waals surface area contributed by atoms with Crippen LogP contribution in [0.1, 0.15) is 19.3 Å². The van der Waals surface area contributed by atoms with Crippen LogP contribution in [-0.2, 0) is 4.79 Å². The summed E-state index contributed by atoms with van der Waals surface area (Å²) in [5.41, 5.74) is 3.79. The second-order valence-electron chi connectivity index (χ2n) is 9.60. The topological polar surface area (TPSA) is 99.2 Å². The number of piperidine rings is 1. The molecule has 194 valence electrons. The van der Waals surface area contributed by atoms with Gasteiger partial charge in [-0.05, 0) is 63.7 Å². The summed E-state index contributed by atoms with van der Waals surface area (Å²) in [5, 5.41) is 7.06. The molecule has 1 aliphatic rings. The van der Waals surface area contributed by atoms with Gasteiger partial charge in [-0.2, -0.15) is 0 Å². The van der Waals surface area contributed by atoms with Crippen molar-refractivity contribution >= 4 is 40.0 Å². The fourth-order valence-electron chi connectivity index (χ4n) is 4.43. The monoisotopic (exact) mass is 508 g/mol. The zero-order valence-electron chi connectivity index (χ0n) is 21.8. The lowest BCUT2D eigenvalue weighted by molar-refractivity contribution is -0.111. The number of benzene rings is 1. The van der Waals surface area contributed by atoms with Gasteiger partial charge in [0.15, 0.2) is 0 Å². The number of carbonyl (C=O) groups excluding carboxylic acids is 1. The van der Waals surface area contributed by atoms with Crippen molar-refractivity contribution in [2.45, 2.75) is 19.3 Å². The largest absolute Gasteiger partial charge is 0.357 e. The fourth-order valence-corrected chi connectivity index (χ4v) is 4.43. The summed E-state index contributed by atoms with van der Waals surface area (Å²) in [4.78, 5) is 35.2. The number of fused-ring (bicyclic) bond motifs is 1. The molecule has 2 N–H and O–H groups in total. The molecule has 1 saturated heterocycles. The second kappa shape index (κ2) is 11.8. The number of carbonyl (C=O) groups is 1. The summed E-state index contributed by atoms with van der Waals surface area (Å²) in [6, 6.07) is 13.5. The third kappa shape index (κ3) is 6.30. The maximum atomic E-state index is 12.3. The molecule has 1 fully saturated rings. The molecule has 4 heterocycles. The number of anilines is 4. The summed E-state index contributed by atoms with van der Waals surface area (Å²) in [6.45, 7) is 2.81. The van der Waals surface area contributed by atoms with Gasteiger partial charge in [-0.1, -0.05) is 18.2 Å². The number of nitrogens with zero attached hydrogens (tertiary/aromatic N) is 6. The van der Waals surface area contributed by atoms with Crippen LogP contribution in [0.15, 0.2) is 73.2 Å². The molecule has 0 saturated carbocycles. The van der Waals surface area contributed by atoms with Crippen molar-refractivity contribution in [1.82, 2.24) is 24.8 Å². The molecule has 1 aliphatic heterocycles. The van der Waals surface area contributed by atoms with Crippen LogP contribution in [0.4, 0.5) is 23.1 Å². The smallest absolute Gasteiger partial charge is 0.248 e. The molecule has 1 aromatic carbocycles. The molecule has 4 aromatic rings. The molecule has 0 aliphatic carbocycles. The van der Waals surface area contributed by atoms with Crippen molar-refractivity contribution in [2.75, 3.05) is 49.3 Å². The number of aromatic nitrogens is 4. The number of rotatable bonds is 8. The SMILES string of the molecule is CN(C)CC=CC(=O)Nc1cccc(-c2nccc3cnc(Nc4ccc(N5CCCCC5)nc4)nc23)c1. The first-order valence-electron chi connectivity index (χ1n) is 12.9. The van der Waals surface area contributed by atoms with Gasteiger partial charge in [-0.3, -0.25) is 9.78 Å². The average molecular weight is 509 g/mol. The van der Waals surface area contributed by atoms with Crippen molar-refractivity contribution in [1.29, 1.82) is 0 Å². The molecular formula is C29H32N8O. The maximum Gasteiger partial charge on any atom is 0.248 e. The normalized spacial score (nSPS) is 13.8. The fraction of sp³-hybridized carbons (Fsp3) is 0.276. The van der Waals surface area contributed by atoms with Gasteiger partial charge in [-0.15, -0.1) is 0 Å². The van der Waals surface area contributed by atoms with Crippen LogP contribution < -0.4 is 15.5 Å². The van der Waals surface area contributed by atoms with Crippen molar-refractivity contribution in [2.24, 2.45) is 0 Å². The first-order valence-corrected chi connectivity index (χ1v) is 12.9. The average Bonchev–Trinajstić information content (AvgIpc) is 2.93. The quantitative estimate of drug-likeness (QED) is 0.325. The van der Waals surface area contributed by atoms with Crippen molar-refractivity contribution in [3.05, 3.63) is 73.2 Å². The van der Waals surface area contributed by atoms with E-state index in [4.69, 9.17) is 4.98 Å². The zero-order chi connectivity index (χ0) is 26.3. The minimum absolute atomic E-state index is 0.177. The molecule has 0 radical (unpaired) electrons. The van der Waals surface area contributed by atoms with E-state index in [2.05, 4.69) is 30.5 Å². The van der Waals surface area contributed by atoms with Gasteiger partial charge in [0.25, 0.3) is 0 Å². The molecule has 3 aromatic heterocycles. The summed E-state index contributed by atoms with van der Waals surface area (Å²) < 4.78 is 0. The van der Waals surface area contributed by atoms with Crippen molar-refractivity contribution in [3.63, 3.8) is 0 Å². The number of likely N-dealkylation sites (N-methyl/N-ethyl adjacent to an activating group) is 1. The Balaban J connectivity index is 1.35. The van der Waals surface area contributed by atoms with E-state index in [1.54, 1.807) is 18.5 Å². The van der Waals surface area contributed by atoms with E-state index in [9.17, 15) is 4.79 Å². The zero-order valence-corrected chi connectivity index (χ0v) is 21.8. The predicted molar refractivity (Wildman–Crippen MR) is 153 cm³/mol. The van der Waals surface area contributed by atoms with Crippen LogP contribution in [0.5, 0.6) is 0 Å². The van der Waals surface area contributed by atoms with Gasteiger partial charge >= 0.3 is 0 Å². The lowest BCUT2D eigenvalue weighted by Gasteiger charge is -2.27. The van der Waals surface area contributed by atoms with E-state index >= 15 is 0 Å². The first kappa shape index (κ1) is 25.3. The van der Waals surface area contributed by atoms with Gasteiger partial charge in [-0.25, -0.2) is 15.0 Å². The van der Waals surface area contributed by atoms with Gasteiger partial charge < -0.3 is 20.4 Å². The standard InChI is InChI=1S/C29H32N8O/c1-36(2)15-7-10-26(38)33-23-9-6-8-21(18-23)27-28-22(13-14-30-27)19-32-29(35-28)34-24-11-12-25(31-20-24)37-16-4-3-5-17-37/h6-14,18-20H,3-5,15-17H2,1-2H3,(H,33,38)(H,32,34,35). The Kier molecular flexibility index (Phi) is 7.84. The Hall–Kier alpha value is -4.37. The molecule has 38 heavy (non-hydrogen) atoms. The highest BCUT2D eigenvalue weighted by atomic mass is 16.1. The summed E-state index contributed by atoms with van der Waals surface area (Å²) in [5.74, 6) is 1.29. The van der Waals surface area contributed by atoms with Crippen LogP contribution >= 0.6 is 0 Å². The van der Waals surface area contributed by atoms with Crippen LogP contribution in [0, 0.1) is 0 Å². The predicted octanol–water partition coefficient (Wildman–Crippen LogP) is 4.88. The third-order valence-electron chi connectivity index (χ3n) is 6.33.